The van der Waals surface area contributed by atoms with E-state index in [1.165, 1.54) is 6.07 Å². The maximum absolute atomic E-state index is 14.8. The van der Waals surface area contributed by atoms with Crippen molar-refractivity contribution >= 4 is 22.8 Å². The molecule has 8 heteroatoms. The monoisotopic (exact) mass is 584 g/mol. The minimum Gasteiger partial charge on any atom is -0.485 e. The van der Waals surface area contributed by atoms with Gasteiger partial charge in [0.25, 0.3) is 5.91 Å². The first-order valence-corrected chi connectivity index (χ1v) is 15.1. The van der Waals surface area contributed by atoms with Crippen molar-refractivity contribution < 1.29 is 28.6 Å². The van der Waals surface area contributed by atoms with E-state index in [0.29, 0.717) is 48.6 Å². The van der Waals surface area contributed by atoms with E-state index < -0.39 is 5.97 Å². The van der Waals surface area contributed by atoms with Gasteiger partial charge in [-0.3, -0.25) is 9.59 Å². The number of hydrogen-bond donors (Lipinski definition) is 2. The van der Waals surface area contributed by atoms with Gasteiger partial charge < -0.3 is 24.5 Å². The highest BCUT2D eigenvalue weighted by molar-refractivity contribution is 6.06. The Morgan fingerprint density at radius 3 is 2.42 bits per heavy atom. The molecule has 2 N–H and O–H groups in total. The topological polar surface area (TPSA) is 89.8 Å². The fourth-order valence-corrected chi connectivity index (χ4v) is 6.21. The molecule has 6 rings (SSSR count). The number of aryl methyl sites for hydroxylation is 1. The SMILES string of the molecule is Cc1cc(-c2ccc(Cn3ccc4c(F)ccc(C(=O)NC5CCC(CCC(=O)O)CC5)c43)cc2)ccc1OC1COC1. The lowest BCUT2D eigenvalue weighted by atomic mass is 9.83. The minimum absolute atomic E-state index is 0.0288. The van der Waals surface area contributed by atoms with Gasteiger partial charge in [0.1, 0.15) is 17.7 Å². The zero-order valence-corrected chi connectivity index (χ0v) is 24.4. The normalized spacial score (nSPS) is 18.7. The fourth-order valence-electron chi connectivity index (χ4n) is 6.21. The number of carbonyl (C=O) groups excluding carboxylic acids is 1. The number of carbonyl (C=O) groups is 2. The first-order valence-electron chi connectivity index (χ1n) is 15.1. The molecular formula is C35H37FN2O5. The number of carboxylic acids is 1. The van der Waals surface area contributed by atoms with Crippen molar-refractivity contribution in [3.05, 3.63) is 89.4 Å². The average molecular weight is 585 g/mol. The highest BCUT2D eigenvalue weighted by atomic mass is 19.1. The summed E-state index contributed by atoms with van der Waals surface area (Å²) in [4.78, 5) is 24.3. The molecule has 7 nitrogen and oxygen atoms in total. The molecule has 1 aliphatic heterocycles. The van der Waals surface area contributed by atoms with Gasteiger partial charge in [-0.15, -0.1) is 0 Å². The van der Waals surface area contributed by atoms with Gasteiger partial charge in [0.2, 0.25) is 0 Å². The zero-order chi connectivity index (χ0) is 29.9. The predicted molar refractivity (Wildman–Crippen MR) is 163 cm³/mol. The number of halogens is 1. The van der Waals surface area contributed by atoms with Gasteiger partial charge in [0, 0.05) is 30.6 Å². The molecule has 0 spiro atoms. The van der Waals surface area contributed by atoms with Crippen LogP contribution in [0.15, 0.2) is 66.9 Å². The summed E-state index contributed by atoms with van der Waals surface area (Å²) >= 11 is 0. The number of hydrogen-bond acceptors (Lipinski definition) is 4. The first-order chi connectivity index (χ1) is 20.8. The third kappa shape index (κ3) is 6.59. The lowest BCUT2D eigenvalue weighted by molar-refractivity contribution is -0.137. The van der Waals surface area contributed by atoms with Crippen LogP contribution in [-0.2, 0) is 16.1 Å². The van der Waals surface area contributed by atoms with Crippen LogP contribution in [0.25, 0.3) is 22.0 Å². The molecule has 43 heavy (non-hydrogen) atoms. The van der Waals surface area contributed by atoms with Crippen molar-refractivity contribution in [2.45, 2.75) is 64.1 Å². The van der Waals surface area contributed by atoms with Gasteiger partial charge in [0.05, 0.1) is 24.3 Å². The second-order valence-corrected chi connectivity index (χ2v) is 11.9. The third-order valence-electron chi connectivity index (χ3n) is 8.78. The standard InChI is InChI=1S/C35H37FN2O5/c1-22-18-26(9-14-32(22)43-28-20-42-21-28)25-7-2-24(3-8-25)19-38-17-16-29-31(36)13-12-30(34(29)38)35(41)37-27-10-4-23(5-11-27)6-15-33(39)40/h2-3,7-9,12-14,16-18,23,27-28H,4-6,10-11,15,19-21H2,1H3,(H,37,41)(H,39,40). The Hall–Kier alpha value is -4.17. The maximum Gasteiger partial charge on any atom is 0.303 e. The Kier molecular flexibility index (Phi) is 8.47. The molecule has 1 aliphatic carbocycles. The summed E-state index contributed by atoms with van der Waals surface area (Å²) in [6, 6.07) is 19.2. The third-order valence-corrected chi connectivity index (χ3v) is 8.78. The number of nitrogens with zero attached hydrogens (tertiary/aromatic N) is 1. The minimum atomic E-state index is -0.763. The highest BCUT2D eigenvalue weighted by Crippen LogP contribution is 2.31. The Labute approximate surface area is 250 Å². The molecule has 0 unspecified atom stereocenters. The lowest BCUT2D eigenvalue weighted by Gasteiger charge is -2.29. The molecule has 0 bridgehead atoms. The van der Waals surface area contributed by atoms with Crippen LogP contribution in [0.5, 0.6) is 5.75 Å². The van der Waals surface area contributed by atoms with Crippen LogP contribution in [0.4, 0.5) is 4.39 Å². The van der Waals surface area contributed by atoms with Crippen LogP contribution >= 0.6 is 0 Å². The molecule has 1 saturated heterocycles. The summed E-state index contributed by atoms with van der Waals surface area (Å²) in [5.74, 6) is -0.0612. The molecular weight excluding hydrogens is 547 g/mol. The summed E-state index contributed by atoms with van der Waals surface area (Å²) in [5.41, 5.74) is 5.35. The van der Waals surface area contributed by atoms with Crippen molar-refractivity contribution in [1.29, 1.82) is 0 Å². The van der Waals surface area contributed by atoms with Crippen LogP contribution in [0, 0.1) is 18.7 Å². The summed E-state index contributed by atoms with van der Waals surface area (Å²) < 4.78 is 27.9. The average Bonchev–Trinajstić information content (AvgIpc) is 3.40. The lowest BCUT2D eigenvalue weighted by Crippen LogP contribution is -2.38. The van der Waals surface area contributed by atoms with Crippen LogP contribution in [-0.4, -0.2) is 46.9 Å². The number of fused-ring (bicyclic) bond motifs is 1. The highest BCUT2D eigenvalue weighted by Gasteiger charge is 2.25. The molecule has 0 atom stereocenters. The Morgan fingerprint density at radius 1 is 1.00 bits per heavy atom. The van der Waals surface area contributed by atoms with Crippen molar-refractivity contribution in [3.63, 3.8) is 0 Å². The largest absolute Gasteiger partial charge is 0.485 e. The number of aromatic nitrogens is 1. The first kappa shape index (κ1) is 28.9. The summed E-state index contributed by atoms with van der Waals surface area (Å²) in [6.45, 7) is 3.81. The van der Waals surface area contributed by atoms with Crippen LogP contribution < -0.4 is 10.1 Å². The Balaban J connectivity index is 1.14. The van der Waals surface area contributed by atoms with Gasteiger partial charge >= 0.3 is 5.97 Å². The van der Waals surface area contributed by atoms with E-state index >= 15 is 0 Å². The number of nitrogens with one attached hydrogen (secondary N) is 1. The Bertz CT molecular complexity index is 1620. The fraction of sp³-hybridized carbons (Fsp3) is 0.371. The molecule has 1 amide bonds. The molecule has 0 radical (unpaired) electrons. The van der Waals surface area contributed by atoms with E-state index in [2.05, 4.69) is 41.7 Å². The zero-order valence-electron chi connectivity index (χ0n) is 24.4. The van der Waals surface area contributed by atoms with Gasteiger partial charge in [-0.25, -0.2) is 4.39 Å². The number of benzene rings is 3. The van der Waals surface area contributed by atoms with Gasteiger partial charge in [-0.1, -0.05) is 30.3 Å². The number of amides is 1. The molecule has 2 heterocycles. The van der Waals surface area contributed by atoms with E-state index in [-0.39, 0.29) is 30.3 Å². The molecule has 4 aromatic rings. The number of aliphatic carboxylic acids is 1. The van der Waals surface area contributed by atoms with Crippen molar-refractivity contribution in [2.75, 3.05) is 13.2 Å². The van der Waals surface area contributed by atoms with E-state index in [1.54, 1.807) is 12.1 Å². The smallest absolute Gasteiger partial charge is 0.303 e. The summed E-state index contributed by atoms with van der Waals surface area (Å²) in [5, 5.41) is 12.5. The van der Waals surface area contributed by atoms with E-state index in [1.807, 2.05) is 23.8 Å². The van der Waals surface area contributed by atoms with Gasteiger partial charge in [-0.05, 0) is 97.5 Å². The molecule has 2 aliphatic rings. The predicted octanol–water partition coefficient (Wildman–Crippen LogP) is 6.74. The quantitative estimate of drug-likeness (QED) is 0.216. The van der Waals surface area contributed by atoms with E-state index in [9.17, 15) is 14.0 Å². The number of rotatable bonds is 10. The second kappa shape index (κ2) is 12.6. The van der Waals surface area contributed by atoms with Gasteiger partial charge in [-0.2, -0.15) is 0 Å². The van der Waals surface area contributed by atoms with Crippen molar-refractivity contribution in [2.24, 2.45) is 5.92 Å². The molecule has 3 aromatic carbocycles. The summed E-state index contributed by atoms with van der Waals surface area (Å²) in [7, 11) is 0. The van der Waals surface area contributed by atoms with Crippen LogP contribution in [0.1, 0.15) is 60.0 Å². The molecule has 224 valence electrons. The molecule has 1 saturated carbocycles. The Morgan fingerprint density at radius 2 is 1.74 bits per heavy atom. The van der Waals surface area contributed by atoms with Gasteiger partial charge in [0.15, 0.2) is 0 Å². The number of carboxylic acid groups (broad SMARTS) is 1. The molecule has 2 fully saturated rings. The summed E-state index contributed by atoms with van der Waals surface area (Å²) in [6.07, 6.45) is 6.27. The van der Waals surface area contributed by atoms with E-state index in [0.717, 1.165) is 53.7 Å². The van der Waals surface area contributed by atoms with Crippen LogP contribution in [0.2, 0.25) is 0 Å². The maximum atomic E-state index is 14.8. The number of ether oxygens (including phenoxy) is 2. The van der Waals surface area contributed by atoms with E-state index in [4.69, 9.17) is 14.6 Å². The van der Waals surface area contributed by atoms with Crippen LogP contribution in [0.3, 0.4) is 0 Å². The van der Waals surface area contributed by atoms with Crippen molar-refractivity contribution in [1.82, 2.24) is 9.88 Å². The second-order valence-electron chi connectivity index (χ2n) is 11.9. The molecule has 1 aromatic heterocycles. The van der Waals surface area contributed by atoms with Crippen molar-refractivity contribution in [3.8, 4) is 16.9 Å².